The van der Waals surface area contributed by atoms with Gasteiger partial charge in [-0.1, -0.05) is 13.8 Å². The number of nitrogens with one attached hydrogen (secondary N) is 1. The van der Waals surface area contributed by atoms with Crippen molar-refractivity contribution in [2.24, 2.45) is 5.92 Å². The van der Waals surface area contributed by atoms with E-state index in [-0.39, 0.29) is 5.97 Å². The summed E-state index contributed by atoms with van der Waals surface area (Å²) in [6.45, 7) is 12.8. The van der Waals surface area contributed by atoms with Crippen molar-refractivity contribution in [1.82, 2.24) is 14.9 Å². The highest BCUT2D eigenvalue weighted by molar-refractivity contribution is 7.20. The van der Waals surface area contributed by atoms with Crippen molar-refractivity contribution in [3.05, 3.63) is 16.8 Å². The Morgan fingerprint density at radius 1 is 1.37 bits per heavy atom. The number of aromatic nitrogens is 2. The number of esters is 1. The van der Waals surface area contributed by atoms with Crippen molar-refractivity contribution in [2.75, 3.05) is 44.8 Å². The first-order valence-electron chi connectivity index (χ1n) is 9.49. The third kappa shape index (κ3) is 4.39. The normalized spacial score (nSPS) is 16.6. The fourth-order valence-corrected chi connectivity index (χ4v) is 4.54. The maximum absolute atomic E-state index is 12.2. The van der Waals surface area contributed by atoms with Gasteiger partial charge in [0.05, 0.1) is 25.2 Å². The molecule has 1 N–H and O–H groups in total. The summed E-state index contributed by atoms with van der Waals surface area (Å²) in [7, 11) is 0. The van der Waals surface area contributed by atoms with Crippen LogP contribution in [0.25, 0.3) is 10.2 Å². The zero-order chi connectivity index (χ0) is 19.4. The van der Waals surface area contributed by atoms with Gasteiger partial charge in [-0.2, -0.15) is 0 Å². The van der Waals surface area contributed by atoms with E-state index >= 15 is 0 Å². The van der Waals surface area contributed by atoms with Crippen molar-refractivity contribution < 1.29 is 14.3 Å². The first-order chi connectivity index (χ1) is 13.0. The Balaban J connectivity index is 1.82. The molecule has 1 saturated heterocycles. The Labute approximate surface area is 164 Å². The second-order valence-corrected chi connectivity index (χ2v) is 8.02. The lowest BCUT2D eigenvalue weighted by atomic mass is 10.0. The van der Waals surface area contributed by atoms with Gasteiger partial charge in [-0.15, -0.1) is 11.3 Å². The molecule has 2 aromatic heterocycles. The number of hydrogen-bond donors (Lipinski definition) is 1. The minimum atomic E-state index is -0.294. The van der Waals surface area contributed by atoms with Gasteiger partial charge >= 0.3 is 5.97 Å². The van der Waals surface area contributed by atoms with Crippen LogP contribution in [0, 0.1) is 12.8 Å². The Morgan fingerprint density at radius 2 is 2.11 bits per heavy atom. The Bertz CT molecular complexity index is 787. The van der Waals surface area contributed by atoms with Crippen molar-refractivity contribution in [3.8, 4) is 0 Å². The molecular formula is C19H28N4O3S. The zero-order valence-electron chi connectivity index (χ0n) is 16.4. The first-order valence-corrected chi connectivity index (χ1v) is 10.3. The molecule has 1 unspecified atom stereocenters. The molecule has 1 atom stereocenters. The van der Waals surface area contributed by atoms with E-state index in [4.69, 9.17) is 9.47 Å². The van der Waals surface area contributed by atoms with Crippen LogP contribution in [0.4, 0.5) is 5.82 Å². The predicted octanol–water partition coefficient (Wildman–Crippen LogP) is 2.95. The summed E-state index contributed by atoms with van der Waals surface area (Å²) in [5.74, 6) is 0.993. The van der Waals surface area contributed by atoms with E-state index in [1.807, 2.05) is 13.8 Å². The lowest BCUT2D eigenvalue weighted by Gasteiger charge is -2.37. The van der Waals surface area contributed by atoms with Crippen LogP contribution in [0.3, 0.4) is 0 Å². The lowest BCUT2D eigenvalue weighted by Crippen LogP contribution is -2.49. The summed E-state index contributed by atoms with van der Waals surface area (Å²) in [4.78, 5) is 24.9. The molecule has 1 aliphatic rings. The number of anilines is 1. The number of carbonyl (C=O) groups is 1. The number of rotatable bonds is 7. The molecule has 2 aromatic rings. The molecule has 0 aliphatic carbocycles. The summed E-state index contributed by atoms with van der Waals surface area (Å²) in [5.41, 5.74) is 0.879. The minimum Gasteiger partial charge on any atom is -0.462 e. The fourth-order valence-electron chi connectivity index (χ4n) is 3.49. The molecule has 7 nitrogen and oxygen atoms in total. The molecule has 148 valence electrons. The molecule has 0 spiro atoms. The Kier molecular flexibility index (Phi) is 6.62. The number of carbonyl (C=O) groups excluding carboxylic acids is 1. The predicted molar refractivity (Wildman–Crippen MR) is 108 cm³/mol. The first kappa shape index (κ1) is 20.0. The molecule has 0 radical (unpaired) electrons. The molecule has 27 heavy (non-hydrogen) atoms. The van der Waals surface area contributed by atoms with Gasteiger partial charge in [-0.05, 0) is 25.3 Å². The second-order valence-electron chi connectivity index (χ2n) is 7.02. The average Bonchev–Trinajstić information content (AvgIpc) is 3.00. The average molecular weight is 393 g/mol. The van der Waals surface area contributed by atoms with Crippen molar-refractivity contribution in [1.29, 1.82) is 0 Å². The molecule has 8 heteroatoms. The fraction of sp³-hybridized carbons (Fsp3) is 0.632. The van der Waals surface area contributed by atoms with Crippen LogP contribution < -0.4 is 5.32 Å². The van der Waals surface area contributed by atoms with Crippen LogP contribution in [0.2, 0.25) is 0 Å². The topological polar surface area (TPSA) is 76.6 Å². The summed E-state index contributed by atoms with van der Waals surface area (Å²) < 4.78 is 10.7. The SMILES string of the molecule is CCOC(=O)c1sc2ncnc(NCC(C(C)C)N3CCOCC3)c2c1C. The van der Waals surface area contributed by atoms with Crippen molar-refractivity contribution in [2.45, 2.75) is 33.7 Å². The number of aryl methyl sites for hydroxylation is 1. The Morgan fingerprint density at radius 3 is 2.78 bits per heavy atom. The van der Waals surface area contributed by atoms with Gasteiger partial charge in [-0.25, -0.2) is 14.8 Å². The number of ether oxygens (including phenoxy) is 2. The Hall–Kier alpha value is -1.77. The molecule has 3 rings (SSSR count). The smallest absolute Gasteiger partial charge is 0.348 e. The van der Waals surface area contributed by atoms with Crippen LogP contribution in [0.5, 0.6) is 0 Å². The van der Waals surface area contributed by atoms with Crippen molar-refractivity contribution >= 4 is 33.3 Å². The number of nitrogens with zero attached hydrogens (tertiary/aromatic N) is 3. The van der Waals surface area contributed by atoms with E-state index in [0.717, 1.165) is 54.4 Å². The van der Waals surface area contributed by atoms with Gasteiger partial charge in [0.25, 0.3) is 0 Å². The molecule has 0 aromatic carbocycles. The van der Waals surface area contributed by atoms with Crippen LogP contribution in [-0.4, -0.2) is 66.3 Å². The van der Waals surface area contributed by atoms with Gasteiger partial charge in [0.15, 0.2) is 0 Å². The van der Waals surface area contributed by atoms with Gasteiger partial charge in [0.1, 0.15) is 21.9 Å². The standard InChI is InChI=1S/C19H28N4O3S/c1-5-26-19(24)16-13(4)15-17(21-11-22-18(15)27-16)20-10-14(12(2)3)23-6-8-25-9-7-23/h11-12,14H,5-10H2,1-4H3,(H,20,21,22). The van der Waals surface area contributed by atoms with E-state index in [0.29, 0.717) is 23.4 Å². The van der Waals surface area contributed by atoms with Crippen LogP contribution in [-0.2, 0) is 9.47 Å². The summed E-state index contributed by atoms with van der Waals surface area (Å²) in [5, 5.41) is 4.42. The van der Waals surface area contributed by atoms with E-state index in [1.54, 1.807) is 6.33 Å². The van der Waals surface area contributed by atoms with E-state index in [1.165, 1.54) is 11.3 Å². The number of hydrogen-bond acceptors (Lipinski definition) is 8. The van der Waals surface area contributed by atoms with Crippen LogP contribution in [0.1, 0.15) is 36.0 Å². The highest BCUT2D eigenvalue weighted by atomic mass is 32.1. The maximum Gasteiger partial charge on any atom is 0.348 e. The largest absolute Gasteiger partial charge is 0.462 e. The van der Waals surface area contributed by atoms with Gasteiger partial charge < -0.3 is 14.8 Å². The quantitative estimate of drug-likeness (QED) is 0.726. The maximum atomic E-state index is 12.2. The lowest BCUT2D eigenvalue weighted by molar-refractivity contribution is 0.00954. The third-order valence-corrected chi connectivity index (χ3v) is 6.13. The number of morpholine rings is 1. The molecular weight excluding hydrogens is 364 g/mol. The van der Waals surface area contributed by atoms with Gasteiger partial charge in [0, 0.05) is 25.7 Å². The van der Waals surface area contributed by atoms with E-state index in [9.17, 15) is 4.79 Å². The monoisotopic (exact) mass is 392 g/mol. The molecule has 0 amide bonds. The third-order valence-electron chi connectivity index (χ3n) is 4.95. The molecule has 1 fully saturated rings. The van der Waals surface area contributed by atoms with Gasteiger partial charge in [-0.3, -0.25) is 4.90 Å². The summed E-state index contributed by atoms with van der Waals surface area (Å²) in [6, 6.07) is 0.391. The number of fused-ring (bicyclic) bond motifs is 1. The molecule has 3 heterocycles. The van der Waals surface area contributed by atoms with E-state index < -0.39 is 0 Å². The van der Waals surface area contributed by atoms with Crippen LogP contribution >= 0.6 is 11.3 Å². The highest BCUT2D eigenvalue weighted by Gasteiger charge is 2.25. The molecule has 1 aliphatic heterocycles. The second kappa shape index (κ2) is 8.95. The van der Waals surface area contributed by atoms with Crippen LogP contribution in [0.15, 0.2) is 6.33 Å². The van der Waals surface area contributed by atoms with Crippen molar-refractivity contribution in [3.63, 3.8) is 0 Å². The number of thiophene rings is 1. The van der Waals surface area contributed by atoms with E-state index in [2.05, 4.69) is 34.0 Å². The molecule has 0 saturated carbocycles. The summed E-state index contributed by atoms with van der Waals surface area (Å²) in [6.07, 6.45) is 1.55. The van der Waals surface area contributed by atoms with Gasteiger partial charge in [0.2, 0.25) is 0 Å². The summed E-state index contributed by atoms with van der Waals surface area (Å²) >= 11 is 1.36. The minimum absolute atomic E-state index is 0.294. The zero-order valence-corrected chi connectivity index (χ0v) is 17.3. The highest BCUT2D eigenvalue weighted by Crippen LogP contribution is 2.33. The molecule has 0 bridgehead atoms.